The van der Waals surface area contributed by atoms with Crippen molar-refractivity contribution in [2.75, 3.05) is 19.6 Å². The lowest BCUT2D eigenvalue weighted by Gasteiger charge is -2.19. The summed E-state index contributed by atoms with van der Waals surface area (Å²) in [6.45, 7) is 14.3. The molecule has 19 heavy (non-hydrogen) atoms. The minimum Gasteiger partial charge on any atom is -0.310 e. The molecule has 4 nitrogen and oxygen atoms in total. The summed E-state index contributed by atoms with van der Waals surface area (Å²) in [5.41, 5.74) is 1.28. The highest BCUT2D eigenvalue weighted by Gasteiger charge is 2.04. The Labute approximate surface area is 118 Å². The Kier molecular flexibility index (Phi) is 7.75. The monoisotopic (exact) mass is 266 g/mol. The Morgan fingerprint density at radius 1 is 1.32 bits per heavy atom. The third-order valence-corrected chi connectivity index (χ3v) is 3.67. The number of rotatable bonds is 10. The molecule has 1 atom stereocenters. The molecule has 0 aliphatic rings. The molecule has 0 bridgehead atoms. The minimum absolute atomic E-state index is 0.570. The van der Waals surface area contributed by atoms with Gasteiger partial charge in [0.1, 0.15) is 0 Å². The molecule has 1 rings (SSSR count). The summed E-state index contributed by atoms with van der Waals surface area (Å²) in [6, 6.07) is 0.570. The highest BCUT2D eigenvalue weighted by Crippen LogP contribution is 2.02. The van der Waals surface area contributed by atoms with E-state index in [1.165, 1.54) is 24.9 Å². The van der Waals surface area contributed by atoms with Crippen molar-refractivity contribution >= 4 is 0 Å². The van der Waals surface area contributed by atoms with E-state index in [0.29, 0.717) is 6.04 Å². The summed E-state index contributed by atoms with van der Waals surface area (Å²) in [5.74, 6) is 0. The van der Waals surface area contributed by atoms with Crippen LogP contribution in [0.2, 0.25) is 0 Å². The summed E-state index contributed by atoms with van der Waals surface area (Å²) < 4.78 is 1.97. The van der Waals surface area contributed by atoms with Crippen LogP contribution in [0.4, 0.5) is 0 Å². The molecule has 0 saturated carbocycles. The molecule has 4 heteroatoms. The molecule has 0 saturated heterocycles. The van der Waals surface area contributed by atoms with Gasteiger partial charge in [-0.25, -0.2) is 0 Å². The van der Waals surface area contributed by atoms with Crippen molar-refractivity contribution in [2.24, 2.45) is 0 Å². The van der Waals surface area contributed by atoms with Gasteiger partial charge in [-0.2, -0.15) is 5.10 Å². The topological polar surface area (TPSA) is 33.1 Å². The van der Waals surface area contributed by atoms with Crippen LogP contribution in [0.15, 0.2) is 12.4 Å². The zero-order valence-corrected chi connectivity index (χ0v) is 13.0. The molecule has 1 N–H and O–H groups in total. The lowest BCUT2D eigenvalue weighted by molar-refractivity contribution is 0.290. The van der Waals surface area contributed by atoms with Gasteiger partial charge in [0, 0.05) is 30.9 Å². The van der Waals surface area contributed by atoms with Gasteiger partial charge >= 0.3 is 0 Å². The van der Waals surface area contributed by atoms with Gasteiger partial charge in [0.25, 0.3) is 0 Å². The van der Waals surface area contributed by atoms with E-state index in [4.69, 9.17) is 0 Å². The van der Waals surface area contributed by atoms with E-state index >= 15 is 0 Å². The van der Waals surface area contributed by atoms with Gasteiger partial charge in [-0.15, -0.1) is 0 Å². The van der Waals surface area contributed by atoms with Gasteiger partial charge in [-0.05, 0) is 46.3 Å². The largest absolute Gasteiger partial charge is 0.310 e. The molecule has 1 heterocycles. The number of hydrogen-bond donors (Lipinski definition) is 1. The summed E-state index contributed by atoms with van der Waals surface area (Å²) in [7, 11) is 0. The smallest absolute Gasteiger partial charge is 0.0534 e. The Bertz CT molecular complexity index is 331. The van der Waals surface area contributed by atoms with Gasteiger partial charge in [0.05, 0.1) is 6.20 Å². The predicted molar refractivity (Wildman–Crippen MR) is 81.2 cm³/mol. The molecule has 0 aliphatic carbocycles. The normalized spacial score (nSPS) is 13.1. The van der Waals surface area contributed by atoms with Crippen molar-refractivity contribution in [1.29, 1.82) is 0 Å². The SMILES string of the molecule is CCN(CC)CCCC(C)NCc1cnn(CC)c1. The van der Waals surface area contributed by atoms with Crippen molar-refractivity contribution in [3.8, 4) is 0 Å². The second-order valence-electron chi connectivity index (χ2n) is 5.16. The Morgan fingerprint density at radius 2 is 2.05 bits per heavy atom. The number of aromatic nitrogens is 2. The zero-order valence-electron chi connectivity index (χ0n) is 13.0. The fourth-order valence-electron chi connectivity index (χ4n) is 2.23. The van der Waals surface area contributed by atoms with Crippen LogP contribution in [-0.2, 0) is 13.1 Å². The van der Waals surface area contributed by atoms with Crippen molar-refractivity contribution in [2.45, 2.75) is 59.7 Å². The molecule has 0 spiro atoms. The number of hydrogen-bond acceptors (Lipinski definition) is 3. The summed E-state index contributed by atoms with van der Waals surface area (Å²) >= 11 is 0. The van der Waals surface area contributed by atoms with Crippen molar-refractivity contribution in [3.05, 3.63) is 18.0 Å². The van der Waals surface area contributed by atoms with Gasteiger partial charge < -0.3 is 10.2 Å². The van der Waals surface area contributed by atoms with Crippen LogP contribution >= 0.6 is 0 Å². The maximum atomic E-state index is 4.29. The van der Waals surface area contributed by atoms with Crippen LogP contribution in [-0.4, -0.2) is 40.4 Å². The van der Waals surface area contributed by atoms with E-state index in [2.05, 4.69) is 49.2 Å². The Hall–Kier alpha value is -0.870. The van der Waals surface area contributed by atoms with Crippen molar-refractivity contribution in [3.63, 3.8) is 0 Å². The lowest BCUT2D eigenvalue weighted by atomic mass is 10.1. The maximum Gasteiger partial charge on any atom is 0.0534 e. The molecular formula is C15H30N4. The minimum atomic E-state index is 0.570. The average molecular weight is 266 g/mol. The third kappa shape index (κ3) is 6.21. The van der Waals surface area contributed by atoms with Crippen LogP contribution in [0.25, 0.3) is 0 Å². The fourth-order valence-corrected chi connectivity index (χ4v) is 2.23. The van der Waals surface area contributed by atoms with E-state index in [1.807, 2.05) is 10.9 Å². The molecule has 1 unspecified atom stereocenters. The molecule has 0 aromatic carbocycles. The quantitative estimate of drug-likeness (QED) is 0.706. The molecule has 110 valence electrons. The Balaban J connectivity index is 2.15. The first-order valence-electron chi connectivity index (χ1n) is 7.66. The van der Waals surface area contributed by atoms with E-state index in [-0.39, 0.29) is 0 Å². The van der Waals surface area contributed by atoms with Gasteiger partial charge in [-0.3, -0.25) is 4.68 Å². The molecule has 0 fully saturated rings. The molecule has 0 aliphatic heterocycles. The van der Waals surface area contributed by atoms with Gasteiger partial charge in [-0.1, -0.05) is 13.8 Å². The van der Waals surface area contributed by atoms with Crippen LogP contribution in [0, 0.1) is 0 Å². The third-order valence-electron chi connectivity index (χ3n) is 3.67. The number of nitrogens with zero attached hydrogens (tertiary/aromatic N) is 3. The average Bonchev–Trinajstić information content (AvgIpc) is 2.89. The van der Waals surface area contributed by atoms with Crippen LogP contribution in [0.5, 0.6) is 0 Å². The standard InChI is InChI=1S/C15H30N4/c1-5-18(6-2)10-8-9-14(4)16-11-15-12-17-19(7-3)13-15/h12-14,16H,5-11H2,1-4H3. The molecule has 1 aromatic rings. The first-order valence-corrected chi connectivity index (χ1v) is 7.66. The Morgan fingerprint density at radius 3 is 2.63 bits per heavy atom. The molecule has 0 radical (unpaired) electrons. The van der Waals surface area contributed by atoms with Crippen molar-refractivity contribution < 1.29 is 0 Å². The number of aryl methyl sites for hydroxylation is 1. The summed E-state index contributed by atoms with van der Waals surface area (Å²) in [5, 5.41) is 7.86. The van der Waals surface area contributed by atoms with Crippen LogP contribution in [0.1, 0.15) is 46.1 Å². The maximum absolute atomic E-state index is 4.29. The first kappa shape index (κ1) is 16.2. The second-order valence-corrected chi connectivity index (χ2v) is 5.16. The van der Waals surface area contributed by atoms with E-state index in [9.17, 15) is 0 Å². The fraction of sp³-hybridized carbons (Fsp3) is 0.800. The molecule has 0 amide bonds. The van der Waals surface area contributed by atoms with Gasteiger partial charge in [0.15, 0.2) is 0 Å². The van der Waals surface area contributed by atoms with E-state index in [0.717, 1.165) is 26.2 Å². The summed E-state index contributed by atoms with van der Waals surface area (Å²) in [4.78, 5) is 2.48. The molecular weight excluding hydrogens is 236 g/mol. The summed E-state index contributed by atoms with van der Waals surface area (Å²) in [6.07, 6.45) is 6.58. The van der Waals surface area contributed by atoms with E-state index in [1.54, 1.807) is 0 Å². The van der Waals surface area contributed by atoms with E-state index < -0.39 is 0 Å². The predicted octanol–water partition coefficient (Wildman–Crippen LogP) is 2.50. The first-order chi connectivity index (χ1) is 9.19. The highest BCUT2D eigenvalue weighted by molar-refractivity contribution is 5.03. The van der Waals surface area contributed by atoms with Gasteiger partial charge in [0.2, 0.25) is 0 Å². The van der Waals surface area contributed by atoms with Crippen LogP contribution < -0.4 is 5.32 Å². The highest BCUT2D eigenvalue weighted by atomic mass is 15.3. The van der Waals surface area contributed by atoms with Crippen molar-refractivity contribution in [1.82, 2.24) is 20.0 Å². The zero-order chi connectivity index (χ0) is 14.1. The number of nitrogens with one attached hydrogen (secondary N) is 1. The second kappa shape index (κ2) is 9.10. The van der Waals surface area contributed by atoms with Crippen LogP contribution in [0.3, 0.4) is 0 Å². The lowest BCUT2D eigenvalue weighted by Crippen LogP contribution is -2.28. The molecule has 1 aromatic heterocycles.